The van der Waals surface area contributed by atoms with Gasteiger partial charge in [-0.15, -0.1) is 0 Å². The largest absolute Gasteiger partial charge is 0.469 e. The predicted molar refractivity (Wildman–Crippen MR) is 49.8 cm³/mol. The van der Waals surface area contributed by atoms with Crippen molar-refractivity contribution in [1.82, 2.24) is 0 Å². The van der Waals surface area contributed by atoms with Gasteiger partial charge in [0.2, 0.25) is 0 Å². The Morgan fingerprint density at radius 3 is 2.67 bits per heavy atom. The zero-order valence-electron chi connectivity index (χ0n) is 8.17. The normalized spacial score (nSPS) is 11.0. The Kier molecular flexibility index (Phi) is 6.44. The first-order chi connectivity index (χ1) is 5.66. The van der Waals surface area contributed by atoms with Crippen molar-refractivity contribution in [3.8, 4) is 0 Å². The fraction of sp³-hybridized carbons (Fsp3) is 0.700. The van der Waals surface area contributed by atoms with Gasteiger partial charge in [-0.1, -0.05) is 26.0 Å². The van der Waals surface area contributed by atoms with Crippen molar-refractivity contribution < 1.29 is 9.53 Å². The summed E-state index contributed by atoms with van der Waals surface area (Å²) in [6, 6.07) is 0. The summed E-state index contributed by atoms with van der Waals surface area (Å²) < 4.78 is 4.51. The molecule has 0 bridgehead atoms. The quantitative estimate of drug-likeness (QED) is 0.360. The Morgan fingerprint density at radius 2 is 2.17 bits per heavy atom. The minimum absolute atomic E-state index is 0.118. The molecule has 0 aromatic heterocycles. The van der Waals surface area contributed by atoms with E-state index in [1.54, 1.807) is 0 Å². The van der Waals surface area contributed by atoms with Crippen LogP contribution in [0.3, 0.4) is 0 Å². The SMILES string of the molecule is COC(=O)CCC/C=C/C(C)C. The van der Waals surface area contributed by atoms with Crippen LogP contribution in [-0.4, -0.2) is 13.1 Å². The van der Waals surface area contributed by atoms with Crippen molar-refractivity contribution >= 4 is 5.97 Å². The Labute approximate surface area is 74.6 Å². The van der Waals surface area contributed by atoms with Crippen LogP contribution in [0, 0.1) is 5.92 Å². The van der Waals surface area contributed by atoms with Crippen LogP contribution in [0.15, 0.2) is 12.2 Å². The fourth-order valence-corrected chi connectivity index (χ4v) is 0.835. The number of carbonyl (C=O) groups excluding carboxylic acids is 1. The highest BCUT2D eigenvalue weighted by Crippen LogP contribution is 2.01. The second-order valence-electron chi connectivity index (χ2n) is 3.14. The van der Waals surface area contributed by atoms with Crippen molar-refractivity contribution in [2.45, 2.75) is 33.1 Å². The summed E-state index contributed by atoms with van der Waals surface area (Å²) in [5.41, 5.74) is 0. The number of methoxy groups -OCH3 is 1. The Bertz CT molecular complexity index is 148. The average Bonchev–Trinajstić information content (AvgIpc) is 2.03. The van der Waals surface area contributed by atoms with Gasteiger partial charge in [0, 0.05) is 6.42 Å². The lowest BCUT2D eigenvalue weighted by atomic mass is 10.1. The summed E-state index contributed by atoms with van der Waals surface area (Å²) >= 11 is 0. The molecule has 0 heterocycles. The summed E-state index contributed by atoms with van der Waals surface area (Å²) in [4.78, 5) is 10.7. The molecule has 2 nitrogen and oxygen atoms in total. The van der Waals surface area contributed by atoms with Crippen LogP contribution < -0.4 is 0 Å². The number of carbonyl (C=O) groups is 1. The number of hydrogen-bond acceptors (Lipinski definition) is 2. The van der Waals surface area contributed by atoms with Gasteiger partial charge in [-0.3, -0.25) is 4.79 Å². The van der Waals surface area contributed by atoms with E-state index < -0.39 is 0 Å². The first-order valence-corrected chi connectivity index (χ1v) is 4.40. The van der Waals surface area contributed by atoms with E-state index in [2.05, 4.69) is 30.7 Å². The lowest BCUT2D eigenvalue weighted by Gasteiger charge is -1.96. The van der Waals surface area contributed by atoms with E-state index in [0.717, 1.165) is 12.8 Å². The van der Waals surface area contributed by atoms with Gasteiger partial charge >= 0.3 is 5.97 Å². The Balaban J connectivity index is 3.27. The molecule has 0 atom stereocenters. The first-order valence-electron chi connectivity index (χ1n) is 4.40. The van der Waals surface area contributed by atoms with E-state index >= 15 is 0 Å². The molecule has 0 unspecified atom stereocenters. The molecular formula is C10H18O2. The molecule has 12 heavy (non-hydrogen) atoms. The van der Waals surface area contributed by atoms with Crippen LogP contribution in [0.1, 0.15) is 33.1 Å². The molecule has 0 aromatic rings. The molecule has 2 heteroatoms. The molecule has 0 fully saturated rings. The minimum Gasteiger partial charge on any atom is -0.469 e. The van der Waals surface area contributed by atoms with Gasteiger partial charge in [0.05, 0.1) is 7.11 Å². The highest BCUT2D eigenvalue weighted by Gasteiger charge is 1.96. The van der Waals surface area contributed by atoms with Crippen LogP contribution in [0.2, 0.25) is 0 Å². The molecule has 0 N–H and O–H groups in total. The minimum atomic E-state index is -0.118. The molecule has 70 valence electrons. The molecule has 0 saturated carbocycles. The monoisotopic (exact) mass is 170 g/mol. The molecule has 0 saturated heterocycles. The van der Waals surface area contributed by atoms with Crippen molar-refractivity contribution in [3.05, 3.63) is 12.2 Å². The molecule has 0 aliphatic carbocycles. The molecule has 0 amide bonds. The Morgan fingerprint density at radius 1 is 1.50 bits per heavy atom. The van der Waals surface area contributed by atoms with Crippen LogP contribution >= 0.6 is 0 Å². The first kappa shape index (κ1) is 11.2. The molecule has 0 spiro atoms. The summed E-state index contributed by atoms with van der Waals surface area (Å²) in [7, 11) is 1.42. The van der Waals surface area contributed by atoms with Gasteiger partial charge in [-0.25, -0.2) is 0 Å². The van der Waals surface area contributed by atoms with Crippen molar-refractivity contribution in [1.29, 1.82) is 0 Å². The fourth-order valence-electron chi connectivity index (χ4n) is 0.835. The number of hydrogen-bond donors (Lipinski definition) is 0. The van der Waals surface area contributed by atoms with Gasteiger partial charge in [-0.2, -0.15) is 0 Å². The zero-order chi connectivity index (χ0) is 9.40. The van der Waals surface area contributed by atoms with E-state index in [-0.39, 0.29) is 5.97 Å². The summed E-state index contributed by atoms with van der Waals surface area (Å²) in [6.45, 7) is 4.27. The second kappa shape index (κ2) is 6.89. The predicted octanol–water partition coefficient (Wildman–Crippen LogP) is 2.54. The number of ether oxygens (including phenoxy) is 1. The van der Waals surface area contributed by atoms with Crippen LogP contribution in [0.5, 0.6) is 0 Å². The zero-order valence-corrected chi connectivity index (χ0v) is 8.17. The maximum atomic E-state index is 10.7. The number of rotatable bonds is 5. The highest BCUT2D eigenvalue weighted by molar-refractivity contribution is 5.68. The number of allylic oxidation sites excluding steroid dienone is 2. The van der Waals surface area contributed by atoms with E-state index in [4.69, 9.17) is 0 Å². The van der Waals surface area contributed by atoms with E-state index in [1.165, 1.54) is 7.11 Å². The third-order valence-electron chi connectivity index (χ3n) is 1.50. The summed E-state index contributed by atoms with van der Waals surface area (Å²) in [6.07, 6.45) is 6.65. The summed E-state index contributed by atoms with van der Waals surface area (Å²) in [5.74, 6) is 0.482. The van der Waals surface area contributed by atoms with E-state index in [0.29, 0.717) is 12.3 Å². The topological polar surface area (TPSA) is 26.3 Å². The maximum Gasteiger partial charge on any atom is 0.305 e. The summed E-state index contributed by atoms with van der Waals surface area (Å²) in [5, 5.41) is 0. The third-order valence-corrected chi connectivity index (χ3v) is 1.50. The molecule has 0 aliphatic heterocycles. The van der Waals surface area contributed by atoms with Crippen LogP contribution in [0.25, 0.3) is 0 Å². The van der Waals surface area contributed by atoms with Gasteiger partial charge < -0.3 is 4.74 Å². The molecule has 0 radical (unpaired) electrons. The lowest BCUT2D eigenvalue weighted by molar-refractivity contribution is -0.140. The van der Waals surface area contributed by atoms with Gasteiger partial charge in [-0.05, 0) is 18.8 Å². The smallest absolute Gasteiger partial charge is 0.305 e. The van der Waals surface area contributed by atoms with Gasteiger partial charge in [0.15, 0.2) is 0 Å². The van der Waals surface area contributed by atoms with Crippen LogP contribution in [-0.2, 0) is 9.53 Å². The second-order valence-corrected chi connectivity index (χ2v) is 3.14. The molecule has 0 aromatic carbocycles. The highest BCUT2D eigenvalue weighted by atomic mass is 16.5. The van der Waals surface area contributed by atoms with Crippen molar-refractivity contribution in [2.75, 3.05) is 7.11 Å². The maximum absolute atomic E-state index is 10.7. The van der Waals surface area contributed by atoms with E-state index in [9.17, 15) is 4.79 Å². The van der Waals surface area contributed by atoms with Crippen molar-refractivity contribution in [3.63, 3.8) is 0 Å². The van der Waals surface area contributed by atoms with Gasteiger partial charge in [0.1, 0.15) is 0 Å². The Hall–Kier alpha value is -0.790. The molecule has 0 rings (SSSR count). The average molecular weight is 170 g/mol. The standard InChI is InChI=1S/C10H18O2/c1-9(2)7-5-4-6-8-10(11)12-3/h5,7,9H,4,6,8H2,1-3H3/b7-5+. The van der Waals surface area contributed by atoms with E-state index in [1.807, 2.05) is 0 Å². The molecule has 0 aliphatic rings. The lowest BCUT2D eigenvalue weighted by Crippen LogP contribution is -1.98. The van der Waals surface area contributed by atoms with Crippen LogP contribution in [0.4, 0.5) is 0 Å². The number of unbranched alkanes of at least 4 members (excludes halogenated alkanes) is 1. The number of esters is 1. The van der Waals surface area contributed by atoms with Gasteiger partial charge in [0.25, 0.3) is 0 Å². The van der Waals surface area contributed by atoms with Crippen molar-refractivity contribution in [2.24, 2.45) is 5.92 Å². The molecular weight excluding hydrogens is 152 g/mol. The third kappa shape index (κ3) is 7.32.